The number of aryl methyl sites for hydroxylation is 1. The van der Waals surface area contributed by atoms with Gasteiger partial charge in [0.15, 0.2) is 5.71 Å². The van der Waals surface area contributed by atoms with E-state index in [9.17, 15) is 18.4 Å². The molecule has 0 saturated heterocycles. The fourth-order valence-corrected chi connectivity index (χ4v) is 3.80. The Kier molecular flexibility index (Phi) is 4.46. The number of para-hydroxylation sites is 1. The molecule has 0 amide bonds. The zero-order valence-electron chi connectivity index (χ0n) is 15.4. The van der Waals surface area contributed by atoms with Crippen LogP contribution in [0.4, 0.5) is 18.9 Å². The lowest BCUT2D eigenvalue weighted by atomic mass is 9.76. The predicted molar refractivity (Wildman–Crippen MR) is 102 cm³/mol. The highest BCUT2D eigenvalue weighted by atomic mass is 19.4. The number of nitriles is 1. The fraction of sp³-hybridized carbons (Fsp3) is 0.238. The number of ether oxygens (including phenoxy) is 1. The predicted octanol–water partition coefficient (Wildman–Crippen LogP) is 4.18. The van der Waals surface area contributed by atoms with Crippen molar-refractivity contribution in [3.05, 3.63) is 77.2 Å². The molecule has 4 rings (SSSR count). The molecule has 0 aliphatic carbocycles. The smallest absolute Gasteiger partial charge is 0.431 e. The van der Waals surface area contributed by atoms with E-state index < -0.39 is 30.0 Å². The molecule has 0 aromatic heterocycles. The standard InChI is InChI=1S/C21H17F3N4O/c1-12-7-9-13(10-8-12)16-15(11-25)19(26)29-20-17(16)18(21(22,23)24)27-28(20)14-5-3-2-4-6-14/h2-10,16-17,20H,26H2,1H3/t16-,17-,20+/m1/s1. The van der Waals surface area contributed by atoms with E-state index in [1.807, 2.05) is 13.0 Å². The summed E-state index contributed by atoms with van der Waals surface area (Å²) < 4.78 is 47.5. The number of rotatable bonds is 2. The van der Waals surface area contributed by atoms with E-state index in [0.717, 1.165) is 5.56 Å². The second-order valence-corrected chi connectivity index (χ2v) is 6.98. The second kappa shape index (κ2) is 6.85. The summed E-state index contributed by atoms with van der Waals surface area (Å²) in [5.74, 6) is -2.34. The minimum absolute atomic E-state index is 0.0260. The van der Waals surface area contributed by atoms with Gasteiger partial charge in [-0.05, 0) is 24.6 Å². The van der Waals surface area contributed by atoms with Crippen LogP contribution in [-0.2, 0) is 4.74 Å². The molecule has 2 aromatic carbocycles. The van der Waals surface area contributed by atoms with E-state index in [0.29, 0.717) is 11.3 Å². The largest absolute Gasteiger partial charge is 0.452 e. The maximum Gasteiger partial charge on any atom is 0.431 e. The van der Waals surface area contributed by atoms with Crippen molar-refractivity contribution in [1.82, 2.24) is 0 Å². The van der Waals surface area contributed by atoms with Crippen LogP contribution in [0.5, 0.6) is 0 Å². The van der Waals surface area contributed by atoms with Crippen molar-refractivity contribution in [3.8, 4) is 6.07 Å². The van der Waals surface area contributed by atoms with Gasteiger partial charge in [-0.2, -0.15) is 23.5 Å². The summed E-state index contributed by atoms with van der Waals surface area (Å²) in [5.41, 5.74) is 6.91. The summed E-state index contributed by atoms with van der Waals surface area (Å²) in [5, 5.41) is 14.7. The van der Waals surface area contributed by atoms with E-state index in [4.69, 9.17) is 10.5 Å². The molecule has 0 spiro atoms. The first-order chi connectivity index (χ1) is 13.8. The van der Waals surface area contributed by atoms with Crippen molar-refractivity contribution >= 4 is 11.4 Å². The van der Waals surface area contributed by atoms with Gasteiger partial charge in [-0.15, -0.1) is 0 Å². The van der Waals surface area contributed by atoms with Crippen LogP contribution in [0.15, 0.2) is 71.2 Å². The van der Waals surface area contributed by atoms with Crippen LogP contribution < -0.4 is 10.7 Å². The van der Waals surface area contributed by atoms with Gasteiger partial charge in [0.25, 0.3) is 0 Å². The van der Waals surface area contributed by atoms with Crippen LogP contribution in [0.1, 0.15) is 17.0 Å². The molecule has 2 heterocycles. The van der Waals surface area contributed by atoms with Gasteiger partial charge >= 0.3 is 6.18 Å². The monoisotopic (exact) mass is 398 g/mol. The summed E-state index contributed by atoms with van der Waals surface area (Å²) in [6, 6.07) is 17.4. The van der Waals surface area contributed by atoms with E-state index >= 15 is 0 Å². The van der Waals surface area contributed by atoms with Gasteiger partial charge in [-0.3, -0.25) is 0 Å². The van der Waals surface area contributed by atoms with E-state index in [1.54, 1.807) is 54.6 Å². The topological polar surface area (TPSA) is 74.6 Å². The molecule has 29 heavy (non-hydrogen) atoms. The number of hydrogen-bond acceptors (Lipinski definition) is 5. The number of alkyl halides is 3. The van der Waals surface area contributed by atoms with Crippen molar-refractivity contribution < 1.29 is 17.9 Å². The lowest BCUT2D eigenvalue weighted by Crippen LogP contribution is -2.46. The Labute approximate surface area is 165 Å². The van der Waals surface area contributed by atoms with E-state index in [1.165, 1.54) is 5.01 Å². The first-order valence-corrected chi connectivity index (χ1v) is 8.94. The summed E-state index contributed by atoms with van der Waals surface area (Å²) in [7, 11) is 0. The molecule has 0 unspecified atom stereocenters. The molecule has 5 nitrogen and oxygen atoms in total. The Morgan fingerprint density at radius 1 is 1.10 bits per heavy atom. The normalized spacial score (nSPS) is 23.9. The van der Waals surface area contributed by atoms with Gasteiger partial charge in [0.2, 0.25) is 12.1 Å². The van der Waals surface area contributed by atoms with Crippen molar-refractivity contribution in [2.24, 2.45) is 16.8 Å². The van der Waals surface area contributed by atoms with Gasteiger partial charge < -0.3 is 10.5 Å². The third-order valence-corrected chi connectivity index (χ3v) is 5.13. The molecule has 0 bridgehead atoms. The minimum atomic E-state index is -4.69. The summed E-state index contributed by atoms with van der Waals surface area (Å²) in [6.07, 6.45) is -5.80. The fourth-order valence-electron chi connectivity index (χ4n) is 3.80. The Bertz CT molecular complexity index is 1020. The van der Waals surface area contributed by atoms with Gasteiger partial charge in [-0.1, -0.05) is 48.0 Å². The van der Waals surface area contributed by atoms with Gasteiger partial charge in [0.1, 0.15) is 6.07 Å². The van der Waals surface area contributed by atoms with Crippen LogP contribution in [0.25, 0.3) is 0 Å². The summed E-state index contributed by atoms with van der Waals surface area (Å²) in [6.45, 7) is 1.88. The van der Waals surface area contributed by atoms with E-state index in [2.05, 4.69) is 5.10 Å². The molecular formula is C21H17F3N4O. The minimum Gasteiger partial charge on any atom is -0.452 e. The molecule has 0 saturated carbocycles. The molecule has 3 atom stereocenters. The first kappa shape index (κ1) is 18.9. The van der Waals surface area contributed by atoms with Crippen LogP contribution in [-0.4, -0.2) is 18.1 Å². The third-order valence-electron chi connectivity index (χ3n) is 5.13. The number of allylic oxidation sites excluding steroid dienone is 1. The summed E-state index contributed by atoms with van der Waals surface area (Å²) in [4.78, 5) is 0. The van der Waals surface area contributed by atoms with Crippen LogP contribution in [0, 0.1) is 24.2 Å². The molecule has 2 aliphatic heterocycles. The Hall–Kier alpha value is -3.47. The van der Waals surface area contributed by atoms with Gasteiger partial charge in [0, 0.05) is 5.92 Å². The number of halogens is 3. The zero-order chi connectivity index (χ0) is 20.8. The summed E-state index contributed by atoms with van der Waals surface area (Å²) >= 11 is 0. The van der Waals surface area contributed by atoms with Crippen molar-refractivity contribution in [3.63, 3.8) is 0 Å². The lowest BCUT2D eigenvalue weighted by Gasteiger charge is -2.37. The second-order valence-electron chi connectivity index (χ2n) is 6.98. The highest BCUT2D eigenvalue weighted by Gasteiger charge is 2.57. The number of nitrogens with zero attached hydrogens (tertiary/aromatic N) is 3. The quantitative estimate of drug-likeness (QED) is 0.823. The molecular weight excluding hydrogens is 381 g/mol. The zero-order valence-corrected chi connectivity index (χ0v) is 15.4. The number of nitrogens with two attached hydrogens (primary N) is 1. The van der Waals surface area contributed by atoms with Crippen LogP contribution in [0.2, 0.25) is 0 Å². The number of hydrazone groups is 1. The maximum absolute atomic E-state index is 14.0. The van der Waals surface area contributed by atoms with Crippen molar-refractivity contribution in [2.45, 2.75) is 25.2 Å². The van der Waals surface area contributed by atoms with Crippen molar-refractivity contribution in [2.75, 3.05) is 5.01 Å². The van der Waals surface area contributed by atoms with Gasteiger partial charge in [0.05, 0.1) is 17.2 Å². The highest BCUT2D eigenvalue weighted by Crippen LogP contribution is 2.48. The maximum atomic E-state index is 14.0. The average molecular weight is 398 g/mol. The molecule has 0 fully saturated rings. The lowest BCUT2D eigenvalue weighted by molar-refractivity contribution is -0.0658. The number of fused-ring (bicyclic) bond motifs is 1. The highest BCUT2D eigenvalue weighted by molar-refractivity contribution is 5.96. The Balaban J connectivity index is 1.90. The molecule has 2 aromatic rings. The van der Waals surface area contributed by atoms with E-state index in [-0.39, 0.29) is 11.5 Å². The Morgan fingerprint density at radius 3 is 2.34 bits per heavy atom. The molecule has 8 heteroatoms. The molecule has 0 radical (unpaired) electrons. The first-order valence-electron chi connectivity index (χ1n) is 8.94. The number of hydrogen-bond donors (Lipinski definition) is 1. The molecule has 148 valence electrons. The third kappa shape index (κ3) is 3.18. The number of anilines is 1. The number of benzene rings is 2. The van der Waals surface area contributed by atoms with Gasteiger partial charge in [-0.25, -0.2) is 5.01 Å². The SMILES string of the molecule is Cc1ccc([C@@H]2C(C#N)=C(N)O[C@H]3[C@H]2C(C(F)(F)F)=NN3c2ccccc2)cc1. The van der Waals surface area contributed by atoms with Crippen LogP contribution in [0.3, 0.4) is 0 Å². The molecule has 2 aliphatic rings. The van der Waals surface area contributed by atoms with Crippen LogP contribution >= 0.6 is 0 Å². The molecule has 2 N–H and O–H groups in total. The Morgan fingerprint density at radius 2 is 1.76 bits per heavy atom. The average Bonchev–Trinajstić information content (AvgIpc) is 3.08. The van der Waals surface area contributed by atoms with Crippen molar-refractivity contribution in [1.29, 1.82) is 5.26 Å².